The number of hydrogen-bond donors (Lipinski definition) is 1. The van der Waals surface area contributed by atoms with Gasteiger partial charge in [-0.2, -0.15) is 0 Å². The van der Waals surface area contributed by atoms with E-state index < -0.39 is 0 Å². The van der Waals surface area contributed by atoms with Gasteiger partial charge >= 0.3 is 0 Å². The van der Waals surface area contributed by atoms with E-state index in [0.29, 0.717) is 29.5 Å². The fourth-order valence-electron chi connectivity index (χ4n) is 3.36. The molecule has 0 aliphatic rings. The zero-order chi connectivity index (χ0) is 22.5. The molecule has 0 spiro atoms. The minimum atomic E-state index is -0.187. The van der Waals surface area contributed by atoms with Crippen molar-refractivity contribution < 1.29 is 19.0 Å². The van der Waals surface area contributed by atoms with Gasteiger partial charge in [0, 0.05) is 47.6 Å². The molecule has 7 heteroatoms. The molecule has 32 heavy (non-hydrogen) atoms. The quantitative estimate of drug-likeness (QED) is 0.459. The lowest BCUT2D eigenvalue weighted by atomic mass is 10.1. The van der Waals surface area contributed by atoms with Crippen molar-refractivity contribution in [3.63, 3.8) is 0 Å². The smallest absolute Gasteiger partial charge is 0.251 e. The van der Waals surface area contributed by atoms with E-state index in [0.717, 1.165) is 27.8 Å². The van der Waals surface area contributed by atoms with Gasteiger partial charge in [-0.1, -0.05) is 6.07 Å². The van der Waals surface area contributed by atoms with Crippen LogP contribution in [-0.2, 0) is 6.54 Å². The Hall–Kier alpha value is -4.13. The van der Waals surface area contributed by atoms with E-state index in [9.17, 15) is 4.79 Å². The van der Waals surface area contributed by atoms with E-state index in [1.807, 2.05) is 37.3 Å². The summed E-state index contributed by atoms with van der Waals surface area (Å²) in [6.07, 6.45) is 3.33. The number of fused-ring (bicyclic) bond motifs is 1. The molecule has 0 saturated carbocycles. The highest BCUT2D eigenvalue weighted by atomic mass is 16.5. The molecule has 0 atom stereocenters. The van der Waals surface area contributed by atoms with E-state index in [4.69, 9.17) is 14.2 Å². The van der Waals surface area contributed by atoms with Crippen molar-refractivity contribution in [3.05, 3.63) is 83.7 Å². The number of pyridine rings is 2. The van der Waals surface area contributed by atoms with E-state index in [2.05, 4.69) is 15.3 Å². The van der Waals surface area contributed by atoms with Gasteiger partial charge in [0.05, 0.1) is 19.7 Å². The summed E-state index contributed by atoms with van der Waals surface area (Å²) in [5.74, 6) is 2.30. The minimum absolute atomic E-state index is 0.187. The normalized spacial score (nSPS) is 10.6. The Morgan fingerprint density at radius 3 is 2.59 bits per heavy atom. The summed E-state index contributed by atoms with van der Waals surface area (Å²) in [5, 5.41) is 3.79. The standard InChI is InChI=1S/C25H23N3O4/c1-16-19(25(29)28-15-17-9-11-27-24(13-17)31-3)5-4-6-22(16)32-23-10-12-26-21-14-18(30-2)7-8-20(21)23/h4-14H,15H2,1-3H3,(H,28,29). The number of carbonyl (C=O) groups excluding carboxylic acids is 1. The molecule has 1 N–H and O–H groups in total. The highest BCUT2D eigenvalue weighted by Gasteiger charge is 2.14. The van der Waals surface area contributed by atoms with E-state index in [-0.39, 0.29) is 5.91 Å². The summed E-state index contributed by atoms with van der Waals surface area (Å²) in [6.45, 7) is 2.23. The fraction of sp³-hybridized carbons (Fsp3) is 0.160. The zero-order valence-corrected chi connectivity index (χ0v) is 18.1. The molecule has 4 aromatic rings. The van der Waals surface area contributed by atoms with Gasteiger partial charge in [0.1, 0.15) is 17.2 Å². The number of ether oxygens (including phenoxy) is 3. The van der Waals surface area contributed by atoms with E-state index in [1.54, 1.807) is 50.9 Å². The van der Waals surface area contributed by atoms with Crippen LogP contribution in [-0.4, -0.2) is 30.1 Å². The Morgan fingerprint density at radius 1 is 0.938 bits per heavy atom. The molecule has 162 valence electrons. The van der Waals surface area contributed by atoms with Crippen molar-refractivity contribution in [1.29, 1.82) is 0 Å². The predicted molar refractivity (Wildman–Crippen MR) is 122 cm³/mol. The monoisotopic (exact) mass is 429 g/mol. The Kier molecular flexibility index (Phi) is 6.17. The third-order valence-corrected chi connectivity index (χ3v) is 5.12. The van der Waals surface area contributed by atoms with Crippen LogP contribution in [0, 0.1) is 6.92 Å². The third kappa shape index (κ3) is 4.46. The van der Waals surface area contributed by atoms with Crippen LogP contribution in [0.4, 0.5) is 0 Å². The summed E-state index contributed by atoms with van der Waals surface area (Å²) < 4.78 is 16.6. The van der Waals surface area contributed by atoms with Gasteiger partial charge in [0.25, 0.3) is 5.91 Å². The molecule has 0 radical (unpaired) electrons. The number of nitrogens with zero attached hydrogens (tertiary/aromatic N) is 2. The molecule has 0 bridgehead atoms. The Balaban J connectivity index is 1.55. The summed E-state index contributed by atoms with van der Waals surface area (Å²) in [4.78, 5) is 21.3. The van der Waals surface area contributed by atoms with E-state index >= 15 is 0 Å². The SMILES string of the molecule is COc1ccc2c(Oc3cccc(C(=O)NCc4ccnc(OC)c4)c3C)ccnc2c1. The number of nitrogens with one attached hydrogen (secondary N) is 1. The lowest BCUT2D eigenvalue weighted by molar-refractivity contribution is 0.0950. The second-order valence-corrected chi connectivity index (χ2v) is 7.11. The average molecular weight is 429 g/mol. The number of hydrogen-bond acceptors (Lipinski definition) is 6. The van der Waals surface area contributed by atoms with Crippen molar-refractivity contribution in [2.75, 3.05) is 14.2 Å². The highest BCUT2D eigenvalue weighted by molar-refractivity contribution is 5.96. The van der Waals surface area contributed by atoms with Gasteiger partial charge in [-0.05, 0) is 48.9 Å². The maximum absolute atomic E-state index is 12.8. The minimum Gasteiger partial charge on any atom is -0.497 e. The number of methoxy groups -OCH3 is 2. The fourth-order valence-corrected chi connectivity index (χ4v) is 3.36. The molecule has 2 aromatic carbocycles. The molecular weight excluding hydrogens is 406 g/mol. The summed E-state index contributed by atoms with van der Waals surface area (Å²) in [7, 11) is 3.18. The van der Waals surface area contributed by atoms with Gasteiger partial charge in [0.15, 0.2) is 0 Å². The molecule has 0 aliphatic carbocycles. The number of benzene rings is 2. The maximum atomic E-state index is 12.8. The number of carbonyl (C=O) groups is 1. The summed E-state index contributed by atoms with van der Waals surface area (Å²) in [6, 6.07) is 16.5. The lowest BCUT2D eigenvalue weighted by Gasteiger charge is -2.14. The van der Waals surface area contributed by atoms with Crippen LogP contribution in [0.2, 0.25) is 0 Å². The summed E-state index contributed by atoms with van der Waals surface area (Å²) in [5.41, 5.74) is 2.95. The number of amides is 1. The van der Waals surface area contributed by atoms with Crippen molar-refractivity contribution in [2.24, 2.45) is 0 Å². The van der Waals surface area contributed by atoms with Crippen molar-refractivity contribution in [3.8, 4) is 23.1 Å². The van der Waals surface area contributed by atoms with Gasteiger partial charge in [-0.25, -0.2) is 4.98 Å². The van der Waals surface area contributed by atoms with Crippen LogP contribution >= 0.6 is 0 Å². The Bertz CT molecular complexity index is 1270. The topological polar surface area (TPSA) is 82.6 Å². The first-order chi connectivity index (χ1) is 15.6. The third-order valence-electron chi connectivity index (χ3n) is 5.12. The Labute approximate surface area is 186 Å². The molecule has 2 heterocycles. The van der Waals surface area contributed by atoms with Gasteiger partial charge in [0.2, 0.25) is 5.88 Å². The van der Waals surface area contributed by atoms with Gasteiger partial charge in [-0.3, -0.25) is 9.78 Å². The first-order valence-electron chi connectivity index (χ1n) is 10.1. The van der Waals surface area contributed by atoms with Crippen LogP contribution in [0.5, 0.6) is 23.1 Å². The Morgan fingerprint density at radius 2 is 1.78 bits per heavy atom. The van der Waals surface area contributed by atoms with Crippen molar-refractivity contribution in [2.45, 2.75) is 13.5 Å². The number of rotatable bonds is 7. The molecule has 7 nitrogen and oxygen atoms in total. The lowest BCUT2D eigenvalue weighted by Crippen LogP contribution is -2.23. The first-order valence-corrected chi connectivity index (χ1v) is 10.1. The molecule has 0 aliphatic heterocycles. The molecule has 0 saturated heterocycles. The van der Waals surface area contributed by atoms with Gasteiger partial charge in [-0.15, -0.1) is 0 Å². The molecular formula is C25H23N3O4. The molecule has 1 amide bonds. The number of aromatic nitrogens is 2. The van der Waals surface area contributed by atoms with Crippen LogP contribution in [0.3, 0.4) is 0 Å². The highest BCUT2D eigenvalue weighted by Crippen LogP contribution is 2.33. The second-order valence-electron chi connectivity index (χ2n) is 7.11. The van der Waals surface area contributed by atoms with Crippen LogP contribution in [0.15, 0.2) is 67.0 Å². The van der Waals surface area contributed by atoms with E-state index in [1.165, 1.54) is 0 Å². The summed E-state index contributed by atoms with van der Waals surface area (Å²) >= 11 is 0. The van der Waals surface area contributed by atoms with Crippen LogP contribution in [0.25, 0.3) is 10.9 Å². The molecule has 0 unspecified atom stereocenters. The second kappa shape index (κ2) is 9.34. The van der Waals surface area contributed by atoms with Crippen molar-refractivity contribution >= 4 is 16.8 Å². The average Bonchev–Trinajstić information content (AvgIpc) is 2.83. The maximum Gasteiger partial charge on any atom is 0.251 e. The van der Waals surface area contributed by atoms with Crippen LogP contribution in [0.1, 0.15) is 21.5 Å². The van der Waals surface area contributed by atoms with Crippen molar-refractivity contribution in [1.82, 2.24) is 15.3 Å². The zero-order valence-electron chi connectivity index (χ0n) is 18.1. The van der Waals surface area contributed by atoms with Gasteiger partial charge < -0.3 is 19.5 Å². The molecule has 4 rings (SSSR count). The molecule has 0 fully saturated rings. The predicted octanol–water partition coefficient (Wildman–Crippen LogP) is 4.68. The van der Waals surface area contributed by atoms with Crippen LogP contribution < -0.4 is 19.5 Å². The largest absolute Gasteiger partial charge is 0.497 e. The first kappa shape index (κ1) is 21.1. The molecule has 2 aromatic heterocycles.